The second-order valence-electron chi connectivity index (χ2n) is 8.35. The SMILES string of the molecule is CNC(=O)C1C(=O)c2nc3ccccc3n2C(NCCc2ccccc2)C1=Cc1ccccc1. The molecule has 4 aromatic rings. The highest BCUT2D eigenvalue weighted by Gasteiger charge is 2.43. The molecule has 1 aromatic heterocycles. The number of fused-ring (bicyclic) bond motifs is 3. The molecule has 0 fully saturated rings. The van der Waals surface area contributed by atoms with Crippen molar-refractivity contribution in [3.8, 4) is 0 Å². The number of rotatable bonds is 6. The smallest absolute Gasteiger partial charge is 0.235 e. The standard InChI is InChI=1S/C28H26N4O2/c1-29-28(34)24-21(18-20-12-6-3-7-13-20)26(30-17-16-19-10-4-2-5-11-19)32-23-15-9-8-14-22(23)31-27(32)25(24)33/h2-15,18,24,26,30H,16-17H2,1H3,(H,29,34). The van der Waals surface area contributed by atoms with Gasteiger partial charge in [0.2, 0.25) is 11.7 Å². The maximum Gasteiger partial charge on any atom is 0.235 e. The lowest BCUT2D eigenvalue weighted by Crippen LogP contribution is -2.46. The predicted octanol–water partition coefficient (Wildman–Crippen LogP) is 4.01. The number of Topliss-reactive ketones (excluding diaryl/α,β-unsaturated/α-hetero) is 1. The van der Waals surface area contributed by atoms with E-state index >= 15 is 0 Å². The molecule has 0 spiro atoms. The van der Waals surface area contributed by atoms with Gasteiger partial charge in [-0.25, -0.2) is 4.98 Å². The van der Waals surface area contributed by atoms with Crippen molar-refractivity contribution in [2.45, 2.75) is 12.6 Å². The van der Waals surface area contributed by atoms with Gasteiger partial charge >= 0.3 is 0 Å². The zero-order valence-corrected chi connectivity index (χ0v) is 18.9. The fourth-order valence-corrected chi connectivity index (χ4v) is 4.59. The van der Waals surface area contributed by atoms with Crippen LogP contribution < -0.4 is 10.6 Å². The number of nitrogens with one attached hydrogen (secondary N) is 2. The van der Waals surface area contributed by atoms with Crippen molar-refractivity contribution in [3.63, 3.8) is 0 Å². The van der Waals surface area contributed by atoms with Gasteiger partial charge in [0.1, 0.15) is 12.1 Å². The first-order valence-electron chi connectivity index (χ1n) is 11.4. The Balaban J connectivity index is 1.64. The van der Waals surface area contributed by atoms with Crippen molar-refractivity contribution in [2.24, 2.45) is 5.92 Å². The van der Waals surface area contributed by atoms with Gasteiger partial charge in [-0.1, -0.05) is 78.9 Å². The minimum Gasteiger partial charge on any atom is -0.358 e. The topological polar surface area (TPSA) is 76.0 Å². The van der Waals surface area contributed by atoms with Crippen LogP contribution in [0.5, 0.6) is 0 Å². The lowest BCUT2D eigenvalue weighted by atomic mass is 9.86. The van der Waals surface area contributed by atoms with E-state index in [-0.39, 0.29) is 11.7 Å². The minimum atomic E-state index is -0.955. The molecule has 170 valence electrons. The first-order chi connectivity index (χ1) is 16.7. The largest absolute Gasteiger partial charge is 0.358 e. The minimum absolute atomic E-state index is 0.293. The first kappa shape index (κ1) is 21.8. The summed E-state index contributed by atoms with van der Waals surface area (Å²) in [6, 6.07) is 27.7. The van der Waals surface area contributed by atoms with Crippen LogP contribution in [-0.2, 0) is 11.2 Å². The lowest BCUT2D eigenvalue weighted by Gasteiger charge is -2.33. The van der Waals surface area contributed by atoms with E-state index in [2.05, 4.69) is 27.8 Å². The van der Waals surface area contributed by atoms with E-state index in [1.165, 1.54) is 5.56 Å². The molecule has 1 aliphatic rings. The van der Waals surface area contributed by atoms with Gasteiger partial charge in [-0.05, 0) is 35.3 Å². The molecule has 6 nitrogen and oxygen atoms in total. The van der Waals surface area contributed by atoms with Crippen LogP contribution in [0.2, 0.25) is 0 Å². The maximum atomic E-state index is 13.6. The quantitative estimate of drug-likeness (QED) is 0.435. The summed E-state index contributed by atoms with van der Waals surface area (Å²) in [5.41, 5.74) is 4.45. The Labute approximate surface area is 198 Å². The summed E-state index contributed by atoms with van der Waals surface area (Å²) in [5.74, 6) is -1.28. The van der Waals surface area contributed by atoms with E-state index in [1.54, 1.807) is 7.05 Å². The highest BCUT2D eigenvalue weighted by molar-refractivity contribution is 6.13. The Morgan fingerprint density at radius 1 is 0.971 bits per heavy atom. The molecule has 0 bridgehead atoms. The number of imidazole rings is 1. The number of hydrogen-bond acceptors (Lipinski definition) is 4. The molecule has 0 saturated carbocycles. The van der Waals surface area contributed by atoms with Crippen molar-refractivity contribution in [3.05, 3.63) is 107 Å². The van der Waals surface area contributed by atoms with Crippen molar-refractivity contribution in [1.29, 1.82) is 0 Å². The number of ketones is 1. The van der Waals surface area contributed by atoms with Crippen LogP contribution in [0, 0.1) is 5.92 Å². The molecule has 2 N–H and O–H groups in total. The number of amides is 1. The van der Waals surface area contributed by atoms with E-state index in [0.29, 0.717) is 17.9 Å². The van der Waals surface area contributed by atoms with Gasteiger partial charge in [0.15, 0.2) is 5.82 Å². The average molecular weight is 451 g/mol. The summed E-state index contributed by atoms with van der Waals surface area (Å²) < 4.78 is 1.94. The Morgan fingerprint density at radius 3 is 2.38 bits per heavy atom. The summed E-state index contributed by atoms with van der Waals surface area (Å²) >= 11 is 0. The van der Waals surface area contributed by atoms with Crippen LogP contribution in [0.15, 0.2) is 90.5 Å². The second kappa shape index (κ2) is 9.45. The van der Waals surface area contributed by atoms with E-state index in [0.717, 1.165) is 23.0 Å². The molecule has 0 aliphatic carbocycles. The molecule has 2 unspecified atom stereocenters. The summed E-state index contributed by atoms with van der Waals surface area (Å²) in [6.07, 6.45) is 2.37. The predicted molar refractivity (Wildman–Crippen MR) is 133 cm³/mol. The highest BCUT2D eigenvalue weighted by Crippen LogP contribution is 2.37. The van der Waals surface area contributed by atoms with Crippen molar-refractivity contribution in [1.82, 2.24) is 20.2 Å². The molecule has 6 heteroatoms. The van der Waals surface area contributed by atoms with Crippen LogP contribution in [-0.4, -0.2) is 34.8 Å². The number of para-hydroxylation sites is 2. The molecule has 34 heavy (non-hydrogen) atoms. The van der Waals surface area contributed by atoms with Crippen LogP contribution in [0.3, 0.4) is 0 Å². The molecule has 1 aliphatic heterocycles. The third-order valence-electron chi connectivity index (χ3n) is 6.22. The van der Waals surface area contributed by atoms with Crippen LogP contribution >= 0.6 is 0 Å². The number of benzene rings is 3. The Hall–Kier alpha value is -4.03. The fourth-order valence-electron chi connectivity index (χ4n) is 4.59. The molecule has 0 radical (unpaired) electrons. The molecule has 3 aromatic carbocycles. The molecular formula is C28H26N4O2. The van der Waals surface area contributed by atoms with Crippen molar-refractivity contribution >= 4 is 28.8 Å². The monoisotopic (exact) mass is 450 g/mol. The Kier molecular flexibility index (Phi) is 6.06. The highest BCUT2D eigenvalue weighted by atomic mass is 16.2. The summed E-state index contributed by atoms with van der Waals surface area (Å²) in [5, 5.41) is 6.31. The van der Waals surface area contributed by atoms with Gasteiger partial charge < -0.3 is 9.88 Å². The Morgan fingerprint density at radius 2 is 1.65 bits per heavy atom. The maximum absolute atomic E-state index is 13.6. The number of nitrogens with zero attached hydrogens (tertiary/aromatic N) is 2. The van der Waals surface area contributed by atoms with Gasteiger partial charge in [0.25, 0.3) is 0 Å². The van der Waals surface area contributed by atoms with Crippen LogP contribution in [0.4, 0.5) is 0 Å². The molecule has 1 amide bonds. The van der Waals surface area contributed by atoms with Gasteiger partial charge in [0, 0.05) is 13.6 Å². The molecule has 2 atom stereocenters. The second-order valence-corrected chi connectivity index (χ2v) is 8.35. The number of aromatic nitrogens is 2. The molecule has 5 rings (SSSR count). The molecule has 2 heterocycles. The zero-order chi connectivity index (χ0) is 23.5. The Bertz CT molecular complexity index is 1360. The van der Waals surface area contributed by atoms with E-state index < -0.39 is 12.1 Å². The fraction of sp³-hybridized carbons (Fsp3) is 0.179. The molecule has 0 saturated heterocycles. The average Bonchev–Trinajstić information content (AvgIpc) is 3.27. The van der Waals surface area contributed by atoms with Gasteiger partial charge in [-0.3, -0.25) is 14.9 Å². The normalized spacial score (nSPS) is 18.7. The summed E-state index contributed by atoms with van der Waals surface area (Å²) in [7, 11) is 1.56. The van der Waals surface area contributed by atoms with E-state index in [4.69, 9.17) is 0 Å². The van der Waals surface area contributed by atoms with E-state index in [9.17, 15) is 9.59 Å². The van der Waals surface area contributed by atoms with Gasteiger partial charge in [0.05, 0.1) is 11.0 Å². The van der Waals surface area contributed by atoms with Crippen LogP contribution in [0.1, 0.15) is 27.9 Å². The lowest BCUT2D eigenvalue weighted by molar-refractivity contribution is -0.122. The first-order valence-corrected chi connectivity index (χ1v) is 11.4. The molecular weight excluding hydrogens is 424 g/mol. The van der Waals surface area contributed by atoms with Crippen molar-refractivity contribution < 1.29 is 9.59 Å². The number of carbonyl (C=O) groups is 2. The zero-order valence-electron chi connectivity index (χ0n) is 18.9. The van der Waals surface area contributed by atoms with Crippen LogP contribution in [0.25, 0.3) is 17.1 Å². The third-order valence-corrected chi connectivity index (χ3v) is 6.22. The number of hydrogen-bond donors (Lipinski definition) is 2. The van der Waals surface area contributed by atoms with Gasteiger partial charge in [-0.15, -0.1) is 0 Å². The summed E-state index contributed by atoms with van der Waals surface area (Å²) in [4.78, 5) is 31.2. The summed E-state index contributed by atoms with van der Waals surface area (Å²) in [6.45, 7) is 0.668. The number of carbonyl (C=O) groups excluding carboxylic acids is 2. The van der Waals surface area contributed by atoms with E-state index in [1.807, 2.05) is 83.4 Å². The van der Waals surface area contributed by atoms with Crippen molar-refractivity contribution in [2.75, 3.05) is 13.6 Å². The third kappa shape index (κ3) is 4.04. The van der Waals surface area contributed by atoms with Gasteiger partial charge in [-0.2, -0.15) is 0 Å².